The van der Waals surface area contributed by atoms with Crippen molar-refractivity contribution in [1.82, 2.24) is 10.3 Å². The van der Waals surface area contributed by atoms with Crippen molar-refractivity contribution in [2.45, 2.75) is 26.2 Å². The van der Waals surface area contributed by atoms with Gasteiger partial charge in [-0.05, 0) is 6.42 Å². The predicted octanol–water partition coefficient (Wildman–Crippen LogP) is 1.80. The zero-order chi connectivity index (χ0) is 13.2. The minimum Gasteiger partial charge on any atom is -0.395 e. The minimum atomic E-state index is -0.243. The van der Waals surface area contributed by atoms with Crippen LogP contribution in [0.25, 0.3) is 0 Å². The zero-order valence-corrected chi connectivity index (χ0v) is 11.1. The molecule has 0 saturated carbocycles. The van der Waals surface area contributed by atoms with Gasteiger partial charge >= 0.3 is 6.03 Å². The Labute approximate surface area is 111 Å². The number of aromatic nitrogens is 1. The number of carbonyl (C=O) groups is 1. The van der Waals surface area contributed by atoms with Crippen molar-refractivity contribution in [3.8, 4) is 11.8 Å². The van der Waals surface area contributed by atoms with Gasteiger partial charge in [-0.2, -0.15) is 0 Å². The number of anilines is 1. The third-order valence-electron chi connectivity index (χ3n) is 1.99. The Balaban J connectivity index is 2.39. The first-order valence-electron chi connectivity index (χ1n) is 5.86. The van der Waals surface area contributed by atoms with Crippen LogP contribution < -0.4 is 10.6 Å². The summed E-state index contributed by atoms with van der Waals surface area (Å²) in [5, 5.41) is 14.5. The normalized spacial score (nSPS) is 9.44. The second-order valence-electron chi connectivity index (χ2n) is 3.54. The first-order valence-corrected chi connectivity index (χ1v) is 6.68. The van der Waals surface area contributed by atoms with Crippen molar-refractivity contribution >= 4 is 22.5 Å². The topological polar surface area (TPSA) is 74.2 Å². The molecule has 0 saturated heterocycles. The van der Waals surface area contributed by atoms with E-state index in [1.807, 2.05) is 0 Å². The number of nitrogens with zero attached hydrogens (tertiary/aromatic N) is 1. The van der Waals surface area contributed by atoms with Crippen LogP contribution in [0.3, 0.4) is 0 Å². The van der Waals surface area contributed by atoms with Crippen LogP contribution in [0, 0.1) is 11.8 Å². The second-order valence-corrected chi connectivity index (χ2v) is 4.57. The van der Waals surface area contributed by atoms with E-state index in [1.54, 1.807) is 6.20 Å². The Morgan fingerprint density at radius 1 is 1.61 bits per heavy atom. The molecule has 5 nitrogen and oxygen atoms in total. The molecule has 6 heteroatoms. The van der Waals surface area contributed by atoms with Crippen molar-refractivity contribution in [3.63, 3.8) is 0 Å². The number of nitrogens with one attached hydrogen (secondary N) is 2. The van der Waals surface area contributed by atoms with E-state index < -0.39 is 0 Å². The fourth-order valence-corrected chi connectivity index (χ4v) is 1.80. The molecule has 3 N–H and O–H groups in total. The van der Waals surface area contributed by atoms with Crippen molar-refractivity contribution < 1.29 is 9.90 Å². The number of unbranched alkanes of at least 4 members (excludes halogenated alkanes) is 1. The summed E-state index contributed by atoms with van der Waals surface area (Å²) in [5.74, 6) is 5.67. The lowest BCUT2D eigenvalue weighted by Gasteiger charge is -2.03. The lowest BCUT2D eigenvalue weighted by Crippen LogP contribution is -2.29. The number of carbonyl (C=O) groups excluding carboxylic acids is 1. The average Bonchev–Trinajstić information content (AvgIpc) is 2.77. The van der Waals surface area contributed by atoms with E-state index in [-0.39, 0.29) is 12.6 Å². The van der Waals surface area contributed by atoms with Crippen molar-refractivity contribution in [3.05, 3.63) is 11.1 Å². The molecular weight excluding hydrogens is 250 g/mol. The van der Waals surface area contributed by atoms with Crippen LogP contribution in [-0.4, -0.2) is 29.3 Å². The summed E-state index contributed by atoms with van der Waals surface area (Å²) in [4.78, 5) is 16.2. The van der Waals surface area contributed by atoms with Crippen LogP contribution in [0.15, 0.2) is 6.20 Å². The SMILES string of the molecule is CCCCNC(=O)Nc1ncc(C#CCCO)s1. The molecule has 0 fully saturated rings. The molecule has 0 atom stereocenters. The number of rotatable bonds is 5. The molecule has 1 aromatic rings. The molecule has 0 aliphatic rings. The van der Waals surface area contributed by atoms with Gasteiger partial charge in [-0.15, -0.1) is 0 Å². The van der Waals surface area contributed by atoms with Gasteiger partial charge in [0.25, 0.3) is 0 Å². The molecule has 1 aromatic heterocycles. The highest BCUT2D eigenvalue weighted by Gasteiger charge is 2.04. The number of urea groups is 1. The number of hydrogen-bond acceptors (Lipinski definition) is 4. The standard InChI is InChI=1S/C12H17N3O2S/c1-2-3-7-13-11(17)15-12-14-9-10(18-12)6-4-5-8-16/h9,16H,2-3,5,7-8H2,1H3,(H2,13,14,15,17). The highest BCUT2D eigenvalue weighted by molar-refractivity contribution is 7.16. The van der Waals surface area contributed by atoms with Gasteiger partial charge in [-0.1, -0.05) is 36.5 Å². The minimum absolute atomic E-state index is 0.0523. The molecule has 0 bridgehead atoms. The highest BCUT2D eigenvalue weighted by Crippen LogP contribution is 2.16. The summed E-state index contributed by atoms with van der Waals surface area (Å²) >= 11 is 1.31. The molecule has 1 heterocycles. The van der Waals surface area contributed by atoms with Crippen LogP contribution in [0.5, 0.6) is 0 Å². The Bertz CT molecular complexity index is 434. The molecule has 0 unspecified atom stereocenters. The first kappa shape index (κ1) is 14.5. The van der Waals surface area contributed by atoms with Crippen molar-refractivity contribution in [2.24, 2.45) is 0 Å². The second kappa shape index (κ2) is 8.50. The summed E-state index contributed by atoms with van der Waals surface area (Å²) in [6, 6.07) is -0.243. The smallest absolute Gasteiger partial charge is 0.321 e. The van der Waals surface area contributed by atoms with E-state index in [0.717, 1.165) is 17.7 Å². The maximum Gasteiger partial charge on any atom is 0.321 e. The molecule has 1 rings (SSSR count). The molecule has 0 aliphatic carbocycles. The molecule has 0 radical (unpaired) electrons. The Kier molecular flexibility index (Phi) is 6.84. The van der Waals surface area contributed by atoms with E-state index in [9.17, 15) is 4.79 Å². The van der Waals surface area contributed by atoms with Crippen LogP contribution in [-0.2, 0) is 0 Å². The summed E-state index contributed by atoms with van der Waals surface area (Å²) in [5.41, 5.74) is 0. The van der Waals surface area contributed by atoms with Gasteiger partial charge in [-0.25, -0.2) is 9.78 Å². The molecule has 0 aromatic carbocycles. The fraction of sp³-hybridized carbons (Fsp3) is 0.500. The van der Waals surface area contributed by atoms with Crippen molar-refractivity contribution in [2.75, 3.05) is 18.5 Å². The maximum atomic E-state index is 11.4. The monoisotopic (exact) mass is 267 g/mol. The van der Waals surface area contributed by atoms with Crippen molar-refractivity contribution in [1.29, 1.82) is 0 Å². The van der Waals surface area contributed by atoms with Gasteiger partial charge in [-0.3, -0.25) is 5.32 Å². The molecule has 18 heavy (non-hydrogen) atoms. The number of aliphatic hydroxyl groups excluding tert-OH is 1. The van der Waals surface area contributed by atoms with Gasteiger partial charge in [0.1, 0.15) is 0 Å². The number of aliphatic hydroxyl groups is 1. The summed E-state index contributed by atoms with van der Waals surface area (Å²) in [7, 11) is 0. The van der Waals surface area contributed by atoms with Gasteiger partial charge in [0.15, 0.2) is 5.13 Å². The summed E-state index contributed by atoms with van der Waals surface area (Å²) in [6.07, 6.45) is 4.06. The molecule has 98 valence electrons. The van der Waals surface area contributed by atoms with E-state index >= 15 is 0 Å². The first-order chi connectivity index (χ1) is 8.76. The lowest BCUT2D eigenvalue weighted by molar-refractivity contribution is 0.252. The molecule has 2 amide bonds. The molecular formula is C12H17N3O2S. The van der Waals surface area contributed by atoms with E-state index in [1.165, 1.54) is 11.3 Å². The van der Waals surface area contributed by atoms with Gasteiger partial charge < -0.3 is 10.4 Å². The Hall–Kier alpha value is -1.58. The third kappa shape index (κ3) is 5.66. The predicted molar refractivity (Wildman–Crippen MR) is 72.6 cm³/mol. The maximum absolute atomic E-state index is 11.4. The summed E-state index contributed by atoms with van der Waals surface area (Å²) in [6.45, 7) is 2.78. The number of thiazole rings is 1. The van der Waals surface area contributed by atoms with E-state index in [2.05, 4.69) is 34.4 Å². The van der Waals surface area contributed by atoms with Crippen LogP contribution in [0.4, 0.5) is 9.93 Å². The third-order valence-corrected chi connectivity index (χ3v) is 2.82. The number of amides is 2. The van der Waals surface area contributed by atoms with Crippen LogP contribution in [0.2, 0.25) is 0 Å². The zero-order valence-electron chi connectivity index (χ0n) is 10.3. The Morgan fingerprint density at radius 3 is 3.17 bits per heavy atom. The van der Waals surface area contributed by atoms with Gasteiger partial charge in [0.05, 0.1) is 17.7 Å². The van der Waals surface area contributed by atoms with Crippen LogP contribution in [0.1, 0.15) is 31.1 Å². The van der Waals surface area contributed by atoms with E-state index in [4.69, 9.17) is 5.11 Å². The van der Waals surface area contributed by atoms with Gasteiger partial charge in [0, 0.05) is 13.0 Å². The highest BCUT2D eigenvalue weighted by atomic mass is 32.1. The summed E-state index contributed by atoms with van der Waals surface area (Å²) < 4.78 is 0. The fourth-order valence-electron chi connectivity index (χ4n) is 1.12. The largest absolute Gasteiger partial charge is 0.395 e. The Morgan fingerprint density at radius 2 is 2.44 bits per heavy atom. The average molecular weight is 267 g/mol. The van der Waals surface area contributed by atoms with Gasteiger partial charge in [0.2, 0.25) is 0 Å². The lowest BCUT2D eigenvalue weighted by atomic mass is 10.3. The number of hydrogen-bond donors (Lipinski definition) is 3. The molecule has 0 aliphatic heterocycles. The van der Waals surface area contributed by atoms with E-state index in [0.29, 0.717) is 18.1 Å². The van der Waals surface area contributed by atoms with Crippen LogP contribution >= 0.6 is 11.3 Å². The molecule has 0 spiro atoms. The quantitative estimate of drug-likeness (QED) is 0.562.